The van der Waals surface area contributed by atoms with Gasteiger partial charge in [-0.2, -0.15) is 22.0 Å². The number of hydrogen-bond acceptors (Lipinski definition) is 3. The largest absolute Gasteiger partial charge is 0.493 e. The van der Waals surface area contributed by atoms with Crippen LogP contribution in [0.2, 0.25) is 0 Å². The van der Waals surface area contributed by atoms with E-state index < -0.39 is 23.7 Å². The molecule has 0 heterocycles. The zero-order valence-electron chi connectivity index (χ0n) is 10.1. The van der Waals surface area contributed by atoms with Crippen LogP contribution in [0.3, 0.4) is 0 Å². The second kappa shape index (κ2) is 5.20. The van der Waals surface area contributed by atoms with E-state index in [1.165, 1.54) is 20.3 Å². The number of hydrogen-bond donors (Lipinski definition) is 1. The first-order chi connectivity index (χ1) is 8.65. The minimum absolute atomic E-state index is 0.0217. The number of rotatable bonds is 4. The third-order valence-corrected chi connectivity index (χ3v) is 2.54. The minimum Gasteiger partial charge on any atom is -0.493 e. The topological polar surface area (TPSA) is 44.5 Å². The lowest BCUT2D eigenvalue weighted by Gasteiger charge is -2.26. The molecule has 0 saturated heterocycles. The molecule has 0 aliphatic heterocycles. The lowest BCUT2D eigenvalue weighted by Crippen LogP contribution is -2.45. The van der Waals surface area contributed by atoms with Crippen LogP contribution in [0.15, 0.2) is 18.2 Å². The molecule has 0 bridgehead atoms. The molecule has 8 heteroatoms. The van der Waals surface area contributed by atoms with Gasteiger partial charge in [-0.15, -0.1) is 0 Å². The van der Waals surface area contributed by atoms with Crippen molar-refractivity contribution in [3.05, 3.63) is 23.8 Å². The SMILES string of the molecule is COc1ccc([C@@H](N)C(F)(F)C(F)(F)F)cc1OC. The van der Waals surface area contributed by atoms with Crippen molar-refractivity contribution in [1.29, 1.82) is 0 Å². The molecule has 1 aromatic rings. The van der Waals surface area contributed by atoms with Crippen molar-refractivity contribution < 1.29 is 31.4 Å². The Morgan fingerprint density at radius 2 is 1.53 bits per heavy atom. The Morgan fingerprint density at radius 1 is 1.00 bits per heavy atom. The van der Waals surface area contributed by atoms with E-state index in [0.717, 1.165) is 12.1 Å². The van der Waals surface area contributed by atoms with Crippen molar-refractivity contribution in [1.82, 2.24) is 0 Å². The maximum atomic E-state index is 13.1. The van der Waals surface area contributed by atoms with Gasteiger partial charge in [0.2, 0.25) is 0 Å². The van der Waals surface area contributed by atoms with Crippen molar-refractivity contribution in [3.63, 3.8) is 0 Å². The van der Waals surface area contributed by atoms with Gasteiger partial charge in [0, 0.05) is 0 Å². The van der Waals surface area contributed by atoms with Crippen molar-refractivity contribution in [2.24, 2.45) is 5.73 Å². The Morgan fingerprint density at radius 3 is 1.95 bits per heavy atom. The molecule has 1 aromatic carbocycles. The molecule has 0 saturated carbocycles. The molecule has 0 unspecified atom stereocenters. The van der Waals surface area contributed by atoms with Gasteiger partial charge in [-0.25, -0.2) is 0 Å². The molecule has 0 aliphatic carbocycles. The molecule has 0 fully saturated rings. The maximum Gasteiger partial charge on any atom is 0.455 e. The molecule has 0 amide bonds. The quantitative estimate of drug-likeness (QED) is 0.865. The average Bonchev–Trinajstić information content (AvgIpc) is 2.35. The first kappa shape index (κ1) is 15.5. The van der Waals surface area contributed by atoms with E-state index in [4.69, 9.17) is 15.2 Å². The highest BCUT2D eigenvalue weighted by Crippen LogP contribution is 2.44. The predicted octanol–water partition coefficient (Wildman–Crippen LogP) is 2.90. The maximum absolute atomic E-state index is 13.1. The highest BCUT2D eigenvalue weighted by molar-refractivity contribution is 5.44. The van der Waals surface area contributed by atoms with Gasteiger partial charge in [0.15, 0.2) is 11.5 Å². The average molecular weight is 285 g/mol. The minimum atomic E-state index is -5.72. The summed E-state index contributed by atoms with van der Waals surface area (Å²) in [7, 11) is 2.54. The summed E-state index contributed by atoms with van der Waals surface area (Å²) in [5.41, 5.74) is 4.60. The number of ether oxygens (including phenoxy) is 2. The second-order valence-corrected chi connectivity index (χ2v) is 3.71. The first-order valence-electron chi connectivity index (χ1n) is 5.07. The van der Waals surface area contributed by atoms with Gasteiger partial charge < -0.3 is 15.2 Å². The molecule has 19 heavy (non-hydrogen) atoms. The van der Waals surface area contributed by atoms with Gasteiger partial charge in [-0.1, -0.05) is 6.07 Å². The Kier molecular flexibility index (Phi) is 4.24. The summed E-state index contributed by atoms with van der Waals surface area (Å²) in [5, 5.41) is 0. The Labute approximate surface area is 106 Å². The summed E-state index contributed by atoms with van der Waals surface area (Å²) < 4.78 is 72.5. The molecule has 0 radical (unpaired) electrons. The highest BCUT2D eigenvalue weighted by atomic mass is 19.4. The zero-order valence-corrected chi connectivity index (χ0v) is 10.1. The fourth-order valence-electron chi connectivity index (χ4n) is 1.43. The molecular formula is C11H12F5NO2. The summed E-state index contributed by atoms with van der Waals surface area (Å²) in [6.07, 6.45) is -5.72. The summed E-state index contributed by atoms with van der Waals surface area (Å²) in [5.74, 6) is -4.81. The molecule has 2 N–H and O–H groups in total. The molecule has 0 aromatic heterocycles. The van der Waals surface area contributed by atoms with Gasteiger partial charge in [0.1, 0.15) is 6.04 Å². The zero-order chi connectivity index (χ0) is 14.8. The van der Waals surface area contributed by atoms with Gasteiger partial charge in [-0.05, 0) is 17.7 Å². The van der Waals surface area contributed by atoms with E-state index in [1.807, 2.05) is 0 Å². The van der Waals surface area contributed by atoms with Crippen molar-refractivity contribution in [2.75, 3.05) is 14.2 Å². The van der Waals surface area contributed by atoms with Gasteiger partial charge in [-0.3, -0.25) is 0 Å². The summed E-state index contributed by atoms with van der Waals surface area (Å²) >= 11 is 0. The van der Waals surface area contributed by atoms with Crippen LogP contribution >= 0.6 is 0 Å². The molecule has 1 rings (SSSR count). The van der Waals surface area contributed by atoms with Gasteiger partial charge in [0.05, 0.1) is 14.2 Å². The highest BCUT2D eigenvalue weighted by Gasteiger charge is 2.61. The number of methoxy groups -OCH3 is 2. The van der Waals surface area contributed by atoms with E-state index in [0.29, 0.717) is 0 Å². The number of alkyl halides is 5. The van der Waals surface area contributed by atoms with E-state index >= 15 is 0 Å². The fourth-order valence-corrected chi connectivity index (χ4v) is 1.43. The van der Waals surface area contributed by atoms with Crippen molar-refractivity contribution in [3.8, 4) is 11.5 Å². The van der Waals surface area contributed by atoms with E-state index in [9.17, 15) is 22.0 Å². The fraction of sp³-hybridized carbons (Fsp3) is 0.455. The van der Waals surface area contributed by atoms with Crippen LogP contribution < -0.4 is 15.2 Å². The standard InChI is InChI=1S/C11H12F5NO2/c1-18-7-4-3-6(5-8(7)19-2)9(17)10(12,13)11(14,15)16/h3-5,9H,17H2,1-2H3/t9-/m1/s1. The van der Waals surface area contributed by atoms with Crippen molar-refractivity contribution >= 4 is 0 Å². The van der Waals surface area contributed by atoms with Crippen LogP contribution in [0.25, 0.3) is 0 Å². The van der Waals surface area contributed by atoms with E-state index in [2.05, 4.69) is 0 Å². The van der Waals surface area contributed by atoms with Crippen LogP contribution in [0.1, 0.15) is 11.6 Å². The lowest BCUT2D eigenvalue weighted by atomic mass is 10.0. The molecule has 3 nitrogen and oxygen atoms in total. The van der Waals surface area contributed by atoms with Crippen LogP contribution in [-0.4, -0.2) is 26.3 Å². The van der Waals surface area contributed by atoms with E-state index in [-0.39, 0.29) is 11.5 Å². The first-order valence-corrected chi connectivity index (χ1v) is 5.07. The van der Waals surface area contributed by atoms with Crippen LogP contribution in [0, 0.1) is 0 Å². The summed E-state index contributed by atoms with van der Waals surface area (Å²) in [6, 6.07) is 0.710. The molecule has 0 aliphatic rings. The third-order valence-electron chi connectivity index (χ3n) is 2.54. The number of halogens is 5. The lowest BCUT2D eigenvalue weighted by molar-refractivity contribution is -0.291. The van der Waals surface area contributed by atoms with Gasteiger partial charge in [0.25, 0.3) is 0 Å². The molecule has 108 valence electrons. The van der Waals surface area contributed by atoms with E-state index in [1.54, 1.807) is 0 Å². The summed E-state index contributed by atoms with van der Waals surface area (Å²) in [6.45, 7) is 0. The predicted molar refractivity (Wildman–Crippen MR) is 57.5 cm³/mol. The Balaban J connectivity index is 3.17. The smallest absolute Gasteiger partial charge is 0.455 e. The Bertz CT molecular complexity index is 447. The third kappa shape index (κ3) is 2.89. The van der Waals surface area contributed by atoms with Crippen molar-refractivity contribution in [2.45, 2.75) is 18.1 Å². The van der Waals surface area contributed by atoms with Crippen LogP contribution in [-0.2, 0) is 0 Å². The number of benzene rings is 1. The van der Waals surface area contributed by atoms with Gasteiger partial charge >= 0.3 is 12.1 Å². The number of nitrogens with two attached hydrogens (primary N) is 1. The molecule has 0 spiro atoms. The molecule has 1 atom stereocenters. The van der Waals surface area contributed by atoms with Crippen LogP contribution in [0.5, 0.6) is 11.5 Å². The summed E-state index contributed by atoms with van der Waals surface area (Å²) in [4.78, 5) is 0. The molecular weight excluding hydrogens is 273 g/mol. The second-order valence-electron chi connectivity index (χ2n) is 3.71. The normalized spacial score (nSPS) is 14.1. The van der Waals surface area contributed by atoms with Crippen LogP contribution in [0.4, 0.5) is 22.0 Å². The Hall–Kier alpha value is -1.57. The monoisotopic (exact) mass is 285 g/mol.